The minimum Gasteiger partial charge on any atom is -0.330 e. The van der Waals surface area contributed by atoms with Crippen LogP contribution < -0.4 is 0 Å². The first-order valence-electron chi connectivity index (χ1n) is 9.10. The largest absolute Gasteiger partial charge is 0.416 e. The normalized spacial score (nSPS) is 16.6. The van der Waals surface area contributed by atoms with Crippen LogP contribution in [0.5, 0.6) is 0 Å². The number of H-pyrrole nitrogens is 1. The van der Waals surface area contributed by atoms with E-state index < -0.39 is 23.7 Å². The van der Waals surface area contributed by atoms with Gasteiger partial charge < -0.3 is 4.90 Å². The molecule has 0 bridgehead atoms. The van der Waals surface area contributed by atoms with Crippen LogP contribution in [-0.4, -0.2) is 37.5 Å². The quantitative estimate of drug-likeness (QED) is 0.706. The van der Waals surface area contributed by atoms with Gasteiger partial charge in [0.1, 0.15) is 6.33 Å². The Morgan fingerprint density at radius 3 is 2.72 bits per heavy atom. The van der Waals surface area contributed by atoms with E-state index in [9.17, 15) is 18.0 Å². The first-order valence-corrected chi connectivity index (χ1v) is 9.10. The van der Waals surface area contributed by atoms with Gasteiger partial charge in [0.15, 0.2) is 0 Å². The predicted octanol–water partition coefficient (Wildman–Crippen LogP) is 3.95. The van der Waals surface area contributed by atoms with E-state index in [-0.39, 0.29) is 11.1 Å². The molecule has 1 aliphatic rings. The maximum absolute atomic E-state index is 13.2. The Labute approximate surface area is 164 Å². The SMILES string of the molecule is Cc1c(C(=O)N2CCc3c(-c4ccn[nH]4)ncnc3C2C)cccc1C(F)(F)F. The third-order valence-electron chi connectivity index (χ3n) is 5.33. The average molecular weight is 401 g/mol. The number of hydrogen-bond donors (Lipinski definition) is 1. The summed E-state index contributed by atoms with van der Waals surface area (Å²) in [5.74, 6) is -0.437. The summed E-state index contributed by atoms with van der Waals surface area (Å²) in [7, 11) is 0. The van der Waals surface area contributed by atoms with Crippen LogP contribution in [0.4, 0.5) is 13.2 Å². The Kier molecular flexibility index (Phi) is 4.60. The van der Waals surface area contributed by atoms with Gasteiger partial charge in [0, 0.05) is 23.9 Å². The fraction of sp³-hybridized carbons (Fsp3) is 0.300. The molecule has 1 aromatic carbocycles. The molecule has 29 heavy (non-hydrogen) atoms. The summed E-state index contributed by atoms with van der Waals surface area (Å²) >= 11 is 0. The summed E-state index contributed by atoms with van der Waals surface area (Å²) in [5, 5.41) is 6.82. The van der Waals surface area contributed by atoms with Gasteiger partial charge in [-0.05, 0) is 44.0 Å². The van der Waals surface area contributed by atoms with Gasteiger partial charge in [-0.2, -0.15) is 18.3 Å². The monoisotopic (exact) mass is 401 g/mol. The molecule has 0 aliphatic carbocycles. The van der Waals surface area contributed by atoms with Crippen molar-refractivity contribution in [3.8, 4) is 11.4 Å². The highest BCUT2D eigenvalue weighted by atomic mass is 19.4. The van der Waals surface area contributed by atoms with Crippen molar-refractivity contribution in [2.75, 3.05) is 6.54 Å². The molecule has 6 nitrogen and oxygen atoms in total. The van der Waals surface area contributed by atoms with E-state index in [0.29, 0.717) is 18.7 Å². The van der Waals surface area contributed by atoms with Gasteiger partial charge in [-0.25, -0.2) is 9.97 Å². The third-order valence-corrected chi connectivity index (χ3v) is 5.33. The maximum atomic E-state index is 13.2. The Morgan fingerprint density at radius 2 is 2.03 bits per heavy atom. The van der Waals surface area contributed by atoms with Crippen molar-refractivity contribution in [2.24, 2.45) is 0 Å². The fourth-order valence-corrected chi connectivity index (χ4v) is 3.83. The lowest BCUT2D eigenvalue weighted by Crippen LogP contribution is -2.40. The van der Waals surface area contributed by atoms with Crippen LogP contribution in [0.2, 0.25) is 0 Å². The highest BCUT2D eigenvalue weighted by Gasteiger charge is 2.36. The lowest BCUT2D eigenvalue weighted by molar-refractivity contribution is -0.138. The molecule has 2 aromatic heterocycles. The predicted molar refractivity (Wildman–Crippen MR) is 99.0 cm³/mol. The van der Waals surface area contributed by atoms with Gasteiger partial charge in [-0.3, -0.25) is 9.89 Å². The molecule has 1 aliphatic heterocycles. The van der Waals surface area contributed by atoms with E-state index in [1.54, 1.807) is 17.2 Å². The van der Waals surface area contributed by atoms with Crippen molar-refractivity contribution in [3.63, 3.8) is 0 Å². The van der Waals surface area contributed by atoms with Gasteiger partial charge in [-0.15, -0.1) is 0 Å². The van der Waals surface area contributed by atoms with Gasteiger partial charge in [-0.1, -0.05) is 6.07 Å². The number of nitrogens with zero attached hydrogens (tertiary/aromatic N) is 4. The molecule has 150 valence electrons. The van der Waals surface area contributed by atoms with Crippen LogP contribution in [0.3, 0.4) is 0 Å². The lowest BCUT2D eigenvalue weighted by atomic mass is 9.94. The Balaban J connectivity index is 1.70. The molecule has 0 fully saturated rings. The lowest BCUT2D eigenvalue weighted by Gasteiger charge is -2.35. The number of halogens is 3. The Morgan fingerprint density at radius 1 is 1.24 bits per heavy atom. The Bertz CT molecular complexity index is 1060. The van der Waals surface area contributed by atoms with Crippen molar-refractivity contribution in [1.82, 2.24) is 25.1 Å². The minimum absolute atomic E-state index is 0.0537. The van der Waals surface area contributed by atoms with Gasteiger partial charge >= 0.3 is 6.18 Å². The molecule has 4 rings (SSSR count). The van der Waals surface area contributed by atoms with Crippen LogP contribution in [0, 0.1) is 6.92 Å². The molecule has 3 heterocycles. The van der Waals surface area contributed by atoms with Crippen LogP contribution in [0.15, 0.2) is 36.8 Å². The van der Waals surface area contributed by atoms with Gasteiger partial charge in [0.25, 0.3) is 5.91 Å². The van der Waals surface area contributed by atoms with Crippen molar-refractivity contribution >= 4 is 5.91 Å². The first-order chi connectivity index (χ1) is 13.8. The summed E-state index contributed by atoms with van der Waals surface area (Å²) in [6, 6.07) is 5.10. The third kappa shape index (κ3) is 3.26. The molecule has 3 aromatic rings. The van der Waals surface area contributed by atoms with Gasteiger partial charge in [0.05, 0.1) is 28.7 Å². The standard InChI is InChI=1S/C20H18F3N5O/c1-11-13(4-3-5-15(11)20(21,22)23)19(29)28-9-7-14-17(12(28)2)24-10-25-18(14)16-6-8-26-27-16/h3-6,8,10,12H,7,9H2,1-2H3,(H,26,27). The average Bonchev–Trinajstić information content (AvgIpc) is 3.21. The molecule has 1 N–H and O–H groups in total. The highest BCUT2D eigenvalue weighted by Crippen LogP contribution is 2.36. The van der Waals surface area contributed by atoms with E-state index in [4.69, 9.17) is 0 Å². The molecular weight excluding hydrogens is 383 g/mol. The highest BCUT2D eigenvalue weighted by molar-refractivity contribution is 5.96. The molecule has 1 atom stereocenters. The molecular formula is C20H18F3N5O. The van der Waals surface area contributed by atoms with Crippen LogP contribution in [-0.2, 0) is 12.6 Å². The van der Waals surface area contributed by atoms with Gasteiger partial charge in [0.2, 0.25) is 0 Å². The number of benzene rings is 1. The van der Waals surface area contributed by atoms with Crippen LogP contribution in [0.25, 0.3) is 11.4 Å². The zero-order valence-corrected chi connectivity index (χ0v) is 15.8. The second-order valence-electron chi connectivity index (χ2n) is 6.96. The first kappa shape index (κ1) is 19.1. The summed E-state index contributed by atoms with van der Waals surface area (Å²) in [6.45, 7) is 3.51. The number of fused-ring (bicyclic) bond motifs is 1. The fourth-order valence-electron chi connectivity index (χ4n) is 3.83. The molecule has 0 radical (unpaired) electrons. The number of hydrogen-bond acceptors (Lipinski definition) is 4. The molecule has 9 heteroatoms. The Hall–Kier alpha value is -3.23. The van der Waals surface area contributed by atoms with Crippen molar-refractivity contribution < 1.29 is 18.0 Å². The smallest absolute Gasteiger partial charge is 0.330 e. The van der Waals surface area contributed by atoms with Crippen molar-refractivity contribution in [1.29, 1.82) is 0 Å². The van der Waals surface area contributed by atoms with E-state index in [1.165, 1.54) is 25.4 Å². The second kappa shape index (κ2) is 6.98. The minimum atomic E-state index is -4.51. The number of amides is 1. The summed E-state index contributed by atoms with van der Waals surface area (Å²) in [5.41, 5.74) is 2.27. The zero-order valence-electron chi connectivity index (χ0n) is 15.8. The van der Waals surface area contributed by atoms with Crippen LogP contribution >= 0.6 is 0 Å². The number of aromatic nitrogens is 4. The van der Waals surface area contributed by atoms with Crippen molar-refractivity contribution in [3.05, 3.63) is 64.7 Å². The van der Waals surface area contributed by atoms with E-state index in [1.807, 2.05) is 6.92 Å². The van der Waals surface area contributed by atoms with E-state index >= 15 is 0 Å². The molecule has 1 unspecified atom stereocenters. The number of rotatable bonds is 2. The summed E-state index contributed by atoms with van der Waals surface area (Å²) in [4.78, 5) is 23.4. The topological polar surface area (TPSA) is 74.8 Å². The summed E-state index contributed by atoms with van der Waals surface area (Å²) in [6.07, 6.45) is -0.956. The number of carbonyl (C=O) groups excluding carboxylic acids is 1. The number of carbonyl (C=O) groups is 1. The van der Waals surface area contributed by atoms with Crippen LogP contribution in [0.1, 0.15) is 45.7 Å². The van der Waals surface area contributed by atoms with Crippen molar-refractivity contribution in [2.45, 2.75) is 32.5 Å². The maximum Gasteiger partial charge on any atom is 0.416 e. The molecule has 1 amide bonds. The second-order valence-corrected chi connectivity index (χ2v) is 6.96. The molecule has 0 saturated heterocycles. The zero-order chi connectivity index (χ0) is 20.8. The van der Waals surface area contributed by atoms with E-state index in [0.717, 1.165) is 23.0 Å². The molecule has 0 saturated carbocycles. The van der Waals surface area contributed by atoms with E-state index in [2.05, 4.69) is 20.2 Å². The molecule has 0 spiro atoms. The number of aromatic amines is 1. The number of nitrogens with one attached hydrogen (secondary N) is 1. The number of alkyl halides is 3. The summed E-state index contributed by atoms with van der Waals surface area (Å²) < 4.78 is 39.7.